The Hall–Kier alpha value is -2.16. The lowest BCUT2D eigenvalue weighted by Gasteiger charge is -2.12. The van der Waals surface area contributed by atoms with Crippen LogP contribution in [0.25, 0.3) is 0 Å². The molecule has 0 fully saturated rings. The molecular weight excluding hydrogens is 385 g/mol. The molecule has 0 spiro atoms. The molecule has 0 radical (unpaired) electrons. The normalized spacial score (nSPS) is 11.3. The number of anilines is 2. The molecule has 0 aliphatic carbocycles. The van der Waals surface area contributed by atoms with Crippen molar-refractivity contribution in [3.8, 4) is 0 Å². The molecule has 25 heavy (non-hydrogen) atoms. The first-order valence-corrected chi connectivity index (χ1v) is 9.94. The van der Waals surface area contributed by atoms with Crippen LogP contribution in [0.4, 0.5) is 15.9 Å². The maximum Gasteiger partial charge on any atom is 0.266 e. The van der Waals surface area contributed by atoms with Crippen LogP contribution in [-0.4, -0.2) is 13.4 Å². The second-order valence-electron chi connectivity index (χ2n) is 5.08. The van der Waals surface area contributed by atoms with Crippen LogP contribution in [0.3, 0.4) is 0 Å². The molecule has 0 aliphatic rings. The van der Waals surface area contributed by atoms with Gasteiger partial charge in [0.15, 0.2) is 5.82 Å². The van der Waals surface area contributed by atoms with Crippen molar-refractivity contribution in [1.29, 1.82) is 0 Å². The fourth-order valence-corrected chi connectivity index (χ4v) is 4.06. The van der Waals surface area contributed by atoms with Gasteiger partial charge in [-0.05, 0) is 17.7 Å². The molecule has 1 heterocycles. The highest BCUT2D eigenvalue weighted by atomic mass is 35.5. The van der Waals surface area contributed by atoms with Gasteiger partial charge in [0, 0.05) is 11.9 Å². The third kappa shape index (κ3) is 4.28. The third-order valence-electron chi connectivity index (χ3n) is 3.31. The van der Waals surface area contributed by atoms with Crippen molar-refractivity contribution in [2.45, 2.75) is 11.4 Å². The fourth-order valence-electron chi connectivity index (χ4n) is 2.12. The Balaban J connectivity index is 1.82. The first-order chi connectivity index (χ1) is 12.0. The highest BCUT2D eigenvalue weighted by Crippen LogP contribution is 2.29. The molecule has 2 N–H and O–H groups in total. The van der Waals surface area contributed by atoms with E-state index in [2.05, 4.69) is 15.0 Å². The van der Waals surface area contributed by atoms with Gasteiger partial charge in [-0.3, -0.25) is 4.72 Å². The fraction of sp³-hybridized carbons (Fsp3) is 0.0625. The van der Waals surface area contributed by atoms with Crippen molar-refractivity contribution in [1.82, 2.24) is 4.98 Å². The van der Waals surface area contributed by atoms with Gasteiger partial charge >= 0.3 is 0 Å². The lowest BCUT2D eigenvalue weighted by molar-refractivity contribution is 0.570. The number of rotatable bonds is 6. The van der Waals surface area contributed by atoms with E-state index in [1.807, 2.05) is 30.3 Å². The van der Waals surface area contributed by atoms with Crippen LogP contribution in [0.1, 0.15) is 5.56 Å². The van der Waals surface area contributed by atoms with Gasteiger partial charge in [-0.15, -0.1) is 11.3 Å². The van der Waals surface area contributed by atoms with Gasteiger partial charge in [0.25, 0.3) is 10.0 Å². The number of sulfonamides is 1. The second-order valence-corrected chi connectivity index (χ2v) is 7.86. The van der Waals surface area contributed by atoms with Crippen LogP contribution in [0.15, 0.2) is 58.3 Å². The van der Waals surface area contributed by atoms with Crippen molar-refractivity contribution < 1.29 is 12.8 Å². The van der Waals surface area contributed by atoms with E-state index in [-0.39, 0.29) is 10.8 Å². The molecule has 2 aromatic carbocycles. The monoisotopic (exact) mass is 397 g/mol. The summed E-state index contributed by atoms with van der Waals surface area (Å²) in [6.45, 7) is 0.434. The average molecular weight is 398 g/mol. The van der Waals surface area contributed by atoms with E-state index in [1.165, 1.54) is 22.2 Å². The molecule has 130 valence electrons. The molecule has 5 nitrogen and oxygen atoms in total. The van der Waals surface area contributed by atoms with Crippen molar-refractivity contribution in [3.05, 3.63) is 69.8 Å². The summed E-state index contributed by atoms with van der Waals surface area (Å²) in [7, 11) is -4.11. The van der Waals surface area contributed by atoms with E-state index in [0.717, 1.165) is 17.7 Å². The minimum absolute atomic E-state index is 0.107. The van der Waals surface area contributed by atoms with E-state index in [9.17, 15) is 12.8 Å². The summed E-state index contributed by atoms with van der Waals surface area (Å²) < 4.78 is 41.2. The average Bonchev–Trinajstić information content (AvgIpc) is 3.08. The minimum atomic E-state index is -4.11. The van der Waals surface area contributed by atoms with Crippen molar-refractivity contribution in [2.24, 2.45) is 0 Å². The SMILES string of the molecule is O=S(=O)(Nc1cscn1)c1cc(Cl)c(NCc2ccccc2)cc1F. The number of hydrogen-bond donors (Lipinski definition) is 2. The predicted octanol–water partition coefficient (Wildman–Crippen LogP) is 4.35. The Morgan fingerprint density at radius 1 is 1.20 bits per heavy atom. The van der Waals surface area contributed by atoms with Crippen LogP contribution in [0.2, 0.25) is 5.02 Å². The lowest BCUT2D eigenvalue weighted by atomic mass is 10.2. The van der Waals surface area contributed by atoms with Crippen molar-refractivity contribution in [3.63, 3.8) is 0 Å². The summed E-state index contributed by atoms with van der Waals surface area (Å²) in [6, 6.07) is 11.6. The number of hydrogen-bond acceptors (Lipinski definition) is 5. The van der Waals surface area contributed by atoms with E-state index in [1.54, 1.807) is 0 Å². The summed E-state index contributed by atoms with van der Waals surface area (Å²) in [6.07, 6.45) is 0. The Labute approximate surface area is 153 Å². The Morgan fingerprint density at radius 2 is 1.96 bits per heavy atom. The number of halogens is 2. The molecule has 3 rings (SSSR count). The quantitative estimate of drug-likeness (QED) is 0.648. The molecule has 0 saturated heterocycles. The summed E-state index contributed by atoms with van der Waals surface area (Å²) in [4.78, 5) is 3.29. The van der Waals surface area contributed by atoms with Gasteiger partial charge in [0.05, 0.1) is 16.2 Å². The van der Waals surface area contributed by atoms with Crippen LogP contribution in [-0.2, 0) is 16.6 Å². The standard InChI is InChI=1S/C16H13ClFN3O2S2/c17-12-6-15(25(22,23)21-16-9-24-10-20-16)13(18)7-14(12)19-8-11-4-2-1-3-5-11/h1-7,9-10,19,21H,8H2. The number of nitrogens with zero attached hydrogens (tertiary/aromatic N) is 1. The molecule has 0 unspecified atom stereocenters. The zero-order valence-electron chi connectivity index (χ0n) is 12.7. The lowest BCUT2D eigenvalue weighted by Crippen LogP contribution is -2.15. The summed E-state index contributed by atoms with van der Waals surface area (Å²) in [5.74, 6) is -0.769. The second kappa shape index (κ2) is 7.38. The summed E-state index contributed by atoms with van der Waals surface area (Å²) in [5, 5.41) is 4.61. The summed E-state index contributed by atoms with van der Waals surface area (Å²) in [5.41, 5.74) is 2.77. The first-order valence-electron chi connectivity index (χ1n) is 7.13. The van der Waals surface area contributed by atoms with Crippen LogP contribution >= 0.6 is 22.9 Å². The zero-order valence-corrected chi connectivity index (χ0v) is 15.1. The Bertz CT molecular complexity index is 965. The van der Waals surface area contributed by atoms with Gasteiger partial charge in [-0.1, -0.05) is 41.9 Å². The smallest absolute Gasteiger partial charge is 0.266 e. The van der Waals surface area contributed by atoms with Gasteiger partial charge in [-0.25, -0.2) is 17.8 Å². The van der Waals surface area contributed by atoms with E-state index < -0.39 is 20.7 Å². The molecule has 0 atom stereocenters. The molecular formula is C16H13ClFN3O2S2. The van der Waals surface area contributed by atoms with E-state index in [0.29, 0.717) is 12.2 Å². The van der Waals surface area contributed by atoms with Gasteiger partial charge < -0.3 is 5.32 Å². The van der Waals surface area contributed by atoms with Crippen LogP contribution < -0.4 is 10.0 Å². The topological polar surface area (TPSA) is 71.1 Å². The molecule has 0 aliphatic heterocycles. The summed E-state index contributed by atoms with van der Waals surface area (Å²) >= 11 is 7.34. The molecule has 0 amide bonds. The molecule has 9 heteroatoms. The number of nitrogens with one attached hydrogen (secondary N) is 2. The highest BCUT2D eigenvalue weighted by Gasteiger charge is 2.22. The molecule has 1 aromatic heterocycles. The highest BCUT2D eigenvalue weighted by molar-refractivity contribution is 7.92. The molecule has 0 bridgehead atoms. The molecule has 3 aromatic rings. The van der Waals surface area contributed by atoms with E-state index in [4.69, 9.17) is 11.6 Å². The Morgan fingerprint density at radius 3 is 2.64 bits per heavy atom. The minimum Gasteiger partial charge on any atom is -0.380 e. The number of thiazole rings is 1. The maximum atomic E-state index is 14.3. The van der Waals surface area contributed by atoms with Crippen molar-refractivity contribution in [2.75, 3.05) is 10.0 Å². The Kier molecular flexibility index (Phi) is 5.22. The van der Waals surface area contributed by atoms with Gasteiger partial charge in [0.1, 0.15) is 10.7 Å². The van der Waals surface area contributed by atoms with E-state index >= 15 is 0 Å². The maximum absolute atomic E-state index is 14.3. The first kappa shape index (κ1) is 17.7. The van der Waals surface area contributed by atoms with Crippen LogP contribution in [0.5, 0.6) is 0 Å². The van der Waals surface area contributed by atoms with Crippen molar-refractivity contribution >= 4 is 44.5 Å². The number of aromatic nitrogens is 1. The predicted molar refractivity (Wildman–Crippen MR) is 98.1 cm³/mol. The van der Waals surface area contributed by atoms with Gasteiger partial charge in [0.2, 0.25) is 0 Å². The molecule has 0 saturated carbocycles. The zero-order chi connectivity index (χ0) is 17.9. The largest absolute Gasteiger partial charge is 0.380 e. The van der Waals surface area contributed by atoms with Gasteiger partial charge in [-0.2, -0.15) is 0 Å². The van der Waals surface area contributed by atoms with Crippen LogP contribution in [0, 0.1) is 5.82 Å². The third-order valence-corrected chi connectivity index (χ3v) is 5.58. The number of benzene rings is 2.